The van der Waals surface area contributed by atoms with Crippen LogP contribution in [0.5, 0.6) is 5.75 Å². The summed E-state index contributed by atoms with van der Waals surface area (Å²) in [5.41, 5.74) is 0.463. The molecule has 0 saturated heterocycles. The molecule has 0 atom stereocenters. The van der Waals surface area contributed by atoms with Crippen LogP contribution in [0, 0.1) is 11.7 Å². The first kappa shape index (κ1) is 11.1. The molecule has 0 aliphatic heterocycles. The number of Topliss-reactive ketones (excluding diaryl/α,β-unsaturated/α-hetero) is 1. The molecule has 0 radical (unpaired) electrons. The Labute approximate surface area is 94.4 Å². The molecule has 0 bridgehead atoms. The molecule has 1 saturated carbocycles. The summed E-state index contributed by atoms with van der Waals surface area (Å²) in [5, 5.41) is 0. The highest BCUT2D eigenvalue weighted by molar-refractivity contribution is 5.98. The number of carbonyl (C=O) groups is 1. The second kappa shape index (κ2) is 4.64. The normalized spacial score (nSPS) is 16.4. The second-order valence-electron chi connectivity index (χ2n) is 4.19. The summed E-state index contributed by atoms with van der Waals surface area (Å²) in [6, 6.07) is 4.43. The molecular formula is C13H15FO2. The maximum absolute atomic E-state index is 13.4. The van der Waals surface area contributed by atoms with Crippen molar-refractivity contribution >= 4 is 5.78 Å². The molecule has 0 amide bonds. The average Bonchev–Trinajstić information content (AvgIpc) is 2.81. The fourth-order valence-electron chi connectivity index (χ4n) is 2.24. The van der Waals surface area contributed by atoms with E-state index in [0.717, 1.165) is 25.7 Å². The Hall–Kier alpha value is -1.38. The largest absolute Gasteiger partial charge is 0.494 e. The highest BCUT2D eigenvalue weighted by Gasteiger charge is 2.24. The third-order valence-corrected chi connectivity index (χ3v) is 3.16. The molecule has 2 rings (SSSR count). The lowest BCUT2D eigenvalue weighted by molar-refractivity contribution is 0.0922. The fourth-order valence-corrected chi connectivity index (χ4v) is 2.24. The molecule has 16 heavy (non-hydrogen) atoms. The number of hydrogen-bond acceptors (Lipinski definition) is 2. The third-order valence-electron chi connectivity index (χ3n) is 3.16. The van der Waals surface area contributed by atoms with E-state index in [0.29, 0.717) is 5.56 Å². The van der Waals surface area contributed by atoms with Crippen molar-refractivity contribution in [2.75, 3.05) is 7.11 Å². The average molecular weight is 222 g/mol. The van der Waals surface area contributed by atoms with E-state index in [2.05, 4.69) is 0 Å². The van der Waals surface area contributed by atoms with Crippen molar-refractivity contribution in [2.45, 2.75) is 25.7 Å². The molecule has 1 aromatic rings. The van der Waals surface area contributed by atoms with Crippen LogP contribution in [0.2, 0.25) is 0 Å². The number of rotatable bonds is 3. The first-order valence-corrected chi connectivity index (χ1v) is 5.60. The highest BCUT2D eigenvalue weighted by atomic mass is 19.1. The van der Waals surface area contributed by atoms with Crippen molar-refractivity contribution in [3.05, 3.63) is 29.6 Å². The maximum Gasteiger partial charge on any atom is 0.166 e. The summed E-state index contributed by atoms with van der Waals surface area (Å²) < 4.78 is 18.2. The minimum absolute atomic E-state index is 0.0686. The van der Waals surface area contributed by atoms with Gasteiger partial charge in [0.05, 0.1) is 7.11 Å². The van der Waals surface area contributed by atoms with Gasteiger partial charge in [0.1, 0.15) is 0 Å². The van der Waals surface area contributed by atoms with Gasteiger partial charge in [-0.15, -0.1) is 0 Å². The molecule has 0 aromatic heterocycles. The van der Waals surface area contributed by atoms with Crippen LogP contribution in [-0.2, 0) is 0 Å². The predicted octanol–water partition coefficient (Wildman–Crippen LogP) is 3.21. The number of methoxy groups -OCH3 is 1. The SMILES string of the molecule is COc1ccc(C(=O)C2CCCC2)cc1F. The highest BCUT2D eigenvalue weighted by Crippen LogP contribution is 2.29. The van der Waals surface area contributed by atoms with Gasteiger partial charge in [-0.3, -0.25) is 4.79 Å². The molecule has 0 N–H and O–H groups in total. The Morgan fingerprint density at radius 2 is 2.06 bits per heavy atom. The molecule has 2 nitrogen and oxygen atoms in total. The molecule has 1 aliphatic carbocycles. The van der Waals surface area contributed by atoms with Crippen LogP contribution >= 0.6 is 0 Å². The van der Waals surface area contributed by atoms with Crippen molar-refractivity contribution in [3.8, 4) is 5.75 Å². The summed E-state index contributed by atoms with van der Waals surface area (Å²) in [5.74, 6) is -0.124. The van der Waals surface area contributed by atoms with Crippen molar-refractivity contribution in [1.29, 1.82) is 0 Å². The smallest absolute Gasteiger partial charge is 0.166 e. The van der Waals surface area contributed by atoms with Gasteiger partial charge in [-0.05, 0) is 31.0 Å². The van der Waals surface area contributed by atoms with Crippen molar-refractivity contribution in [3.63, 3.8) is 0 Å². The molecule has 86 valence electrons. The minimum Gasteiger partial charge on any atom is -0.494 e. The lowest BCUT2D eigenvalue weighted by atomic mass is 9.96. The lowest BCUT2D eigenvalue weighted by Crippen LogP contribution is -2.11. The minimum atomic E-state index is -0.466. The van der Waals surface area contributed by atoms with Gasteiger partial charge in [0, 0.05) is 11.5 Å². The Bertz CT molecular complexity index is 395. The van der Waals surface area contributed by atoms with Gasteiger partial charge >= 0.3 is 0 Å². The predicted molar refractivity (Wildman–Crippen MR) is 59.2 cm³/mol. The second-order valence-corrected chi connectivity index (χ2v) is 4.19. The van der Waals surface area contributed by atoms with Crippen LogP contribution in [0.3, 0.4) is 0 Å². The quantitative estimate of drug-likeness (QED) is 0.734. The number of ketones is 1. The molecule has 3 heteroatoms. The number of carbonyl (C=O) groups excluding carboxylic acids is 1. The monoisotopic (exact) mass is 222 g/mol. The molecule has 0 heterocycles. The zero-order valence-electron chi connectivity index (χ0n) is 9.33. The van der Waals surface area contributed by atoms with Gasteiger partial charge in [0.25, 0.3) is 0 Å². The topological polar surface area (TPSA) is 26.3 Å². The van der Waals surface area contributed by atoms with E-state index >= 15 is 0 Å². The molecule has 1 aromatic carbocycles. The van der Waals surface area contributed by atoms with Crippen molar-refractivity contribution in [1.82, 2.24) is 0 Å². The molecular weight excluding hydrogens is 207 g/mol. The lowest BCUT2D eigenvalue weighted by Gasteiger charge is -2.09. The van der Waals surface area contributed by atoms with Gasteiger partial charge in [0.2, 0.25) is 0 Å². The summed E-state index contributed by atoms with van der Waals surface area (Å²) >= 11 is 0. The Morgan fingerprint density at radius 3 is 2.62 bits per heavy atom. The number of halogens is 1. The first-order valence-electron chi connectivity index (χ1n) is 5.60. The van der Waals surface area contributed by atoms with E-state index in [1.165, 1.54) is 19.2 Å². The molecule has 1 fully saturated rings. The van der Waals surface area contributed by atoms with Crippen molar-refractivity contribution in [2.24, 2.45) is 5.92 Å². The Balaban J connectivity index is 2.20. The van der Waals surface area contributed by atoms with E-state index in [4.69, 9.17) is 4.74 Å². The zero-order valence-corrected chi connectivity index (χ0v) is 9.33. The van der Waals surface area contributed by atoms with Gasteiger partial charge in [0.15, 0.2) is 17.3 Å². The van der Waals surface area contributed by atoms with E-state index < -0.39 is 5.82 Å². The molecule has 0 unspecified atom stereocenters. The van der Waals surface area contributed by atoms with E-state index in [-0.39, 0.29) is 17.5 Å². The van der Waals surface area contributed by atoms with Gasteiger partial charge < -0.3 is 4.74 Å². The third kappa shape index (κ3) is 2.08. The summed E-state index contributed by atoms with van der Waals surface area (Å²) in [4.78, 5) is 12.0. The summed E-state index contributed by atoms with van der Waals surface area (Å²) in [6.07, 6.45) is 4.09. The number of hydrogen-bond donors (Lipinski definition) is 0. The van der Waals surface area contributed by atoms with Crippen LogP contribution in [0.25, 0.3) is 0 Å². The van der Waals surface area contributed by atoms with Crippen LogP contribution in [0.4, 0.5) is 4.39 Å². The van der Waals surface area contributed by atoms with E-state index in [1.54, 1.807) is 6.07 Å². The Morgan fingerprint density at radius 1 is 1.38 bits per heavy atom. The Kier molecular flexibility index (Phi) is 3.22. The van der Waals surface area contributed by atoms with Crippen LogP contribution in [0.15, 0.2) is 18.2 Å². The van der Waals surface area contributed by atoms with Crippen LogP contribution < -0.4 is 4.74 Å². The van der Waals surface area contributed by atoms with Gasteiger partial charge in [-0.25, -0.2) is 4.39 Å². The molecule has 1 aliphatic rings. The first-order chi connectivity index (χ1) is 7.72. The number of ether oxygens (including phenoxy) is 1. The maximum atomic E-state index is 13.4. The van der Waals surface area contributed by atoms with E-state index in [9.17, 15) is 9.18 Å². The van der Waals surface area contributed by atoms with E-state index in [1.807, 2.05) is 0 Å². The summed E-state index contributed by atoms with van der Waals surface area (Å²) in [7, 11) is 1.41. The fraction of sp³-hybridized carbons (Fsp3) is 0.462. The molecule has 0 spiro atoms. The van der Waals surface area contributed by atoms with Crippen LogP contribution in [-0.4, -0.2) is 12.9 Å². The summed E-state index contributed by atoms with van der Waals surface area (Å²) in [6.45, 7) is 0. The van der Waals surface area contributed by atoms with Crippen molar-refractivity contribution < 1.29 is 13.9 Å². The van der Waals surface area contributed by atoms with Gasteiger partial charge in [-0.2, -0.15) is 0 Å². The zero-order chi connectivity index (χ0) is 11.5. The van der Waals surface area contributed by atoms with Gasteiger partial charge in [-0.1, -0.05) is 12.8 Å². The van der Waals surface area contributed by atoms with Crippen LogP contribution in [0.1, 0.15) is 36.0 Å². The number of benzene rings is 1. The standard InChI is InChI=1S/C13H15FO2/c1-16-12-7-6-10(8-11(12)14)13(15)9-4-2-3-5-9/h6-9H,2-5H2,1H3.